The van der Waals surface area contributed by atoms with Crippen LogP contribution in [0, 0.1) is 5.92 Å². The lowest BCUT2D eigenvalue weighted by Gasteiger charge is -2.33. The van der Waals surface area contributed by atoms with E-state index in [9.17, 15) is 0 Å². The van der Waals surface area contributed by atoms with Crippen LogP contribution in [0.1, 0.15) is 31.9 Å². The number of piperidine rings is 1. The maximum absolute atomic E-state index is 4.35. The van der Waals surface area contributed by atoms with Gasteiger partial charge in [0.1, 0.15) is 0 Å². The normalized spacial score (nSPS) is 20.1. The maximum Gasteiger partial charge on any atom is 0.151 e. The lowest BCUT2D eigenvalue weighted by molar-refractivity contribution is 0.385. The fraction of sp³-hybridized carbons (Fsp3) is 0.714. The van der Waals surface area contributed by atoms with Crippen LogP contribution in [0.3, 0.4) is 0 Å². The highest BCUT2D eigenvalue weighted by atomic mass is 15.3. The zero-order valence-electron chi connectivity index (χ0n) is 11.5. The molecular formula is C14H24N4. The van der Waals surface area contributed by atoms with Crippen LogP contribution >= 0.6 is 0 Å². The molecule has 0 amide bonds. The van der Waals surface area contributed by atoms with Crippen LogP contribution in [0.15, 0.2) is 12.1 Å². The van der Waals surface area contributed by atoms with E-state index in [0.29, 0.717) is 0 Å². The first-order chi connectivity index (χ1) is 8.83. The second-order valence-electron chi connectivity index (χ2n) is 5.08. The van der Waals surface area contributed by atoms with Gasteiger partial charge < -0.3 is 10.2 Å². The van der Waals surface area contributed by atoms with Crippen molar-refractivity contribution in [2.24, 2.45) is 5.92 Å². The second-order valence-corrected chi connectivity index (χ2v) is 5.08. The Morgan fingerprint density at radius 1 is 1.39 bits per heavy atom. The molecule has 0 bridgehead atoms. The standard InChI is InChI=1S/C14H24N4/c1-3-13-6-7-14(17-16-13)18-10-4-5-12(11-18)8-9-15-2/h6-7,12,15H,3-5,8-11H2,1-2H3. The van der Waals surface area contributed by atoms with Gasteiger partial charge in [-0.1, -0.05) is 6.92 Å². The summed E-state index contributed by atoms with van der Waals surface area (Å²) in [6, 6.07) is 4.21. The molecule has 1 aliphatic heterocycles. The lowest BCUT2D eigenvalue weighted by Crippen LogP contribution is -2.37. The van der Waals surface area contributed by atoms with Gasteiger partial charge in [-0.15, -0.1) is 5.10 Å². The molecule has 0 radical (unpaired) electrons. The minimum Gasteiger partial charge on any atom is -0.355 e. The minimum atomic E-state index is 0.791. The van der Waals surface area contributed by atoms with E-state index in [1.807, 2.05) is 7.05 Å². The molecule has 1 aliphatic rings. The third-order valence-electron chi connectivity index (χ3n) is 3.71. The first-order valence-electron chi connectivity index (χ1n) is 7.05. The molecule has 1 N–H and O–H groups in total. The fourth-order valence-electron chi connectivity index (χ4n) is 2.57. The van der Waals surface area contributed by atoms with Gasteiger partial charge >= 0.3 is 0 Å². The van der Waals surface area contributed by atoms with Crippen molar-refractivity contribution in [3.8, 4) is 0 Å². The molecule has 1 saturated heterocycles. The van der Waals surface area contributed by atoms with Crippen molar-refractivity contribution in [3.63, 3.8) is 0 Å². The van der Waals surface area contributed by atoms with Gasteiger partial charge in [-0.25, -0.2) is 0 Å². The smallest absolute Gasteiger partial charge is 0.151 e. The third kappa shape index (κ3) is 3.42. The Kier molecular flexibility index (Phi) is 4.93. The van der Waals surface area contributed by atoms with Gasteiger partial charge in [0.05, 0.1) is 5.69 Å². The van der Waals surface area contributed by atoms with Gasteiger partial charge in [0.25, 0.3) is 0 Å². The molecule has 2 rings (SSSR count). The molecule has 18 heavy (non-hydrogen) atoms. The number of anilines is 1. The molecule has 1 aromatic heterocycles. The van der Waals surface area contributed by atoms with E-state index < -0.39 is 0 Å². The van der Waals surface area contributed by atoms with E-state index in [0.717, 1.165) is 43.5 Å². The Hall–Kier alpha value is -1.16. The summed E-state index contributed by atoms with van der Waals surface area (Å²) in [5.74, 6) is 1.83. The van der Waals surface area contributed by atoms with Crippen molar-refractivity contribution in [2.75, 3.05) is 31.6 Å². The van der Waals surface area contributed by atoms with Gasteiger partial charge in [0.15, 0.2) is 5.82 Å². The zero-order chi connectivity index (χ0) is 12.8. The van der Waals surface area contributed by atoms with Crippen LogP contribution in [0.25, 0.3) is 0 Å². The lowest BCUT2D eigenvalue weighted by atomic mass is 9.95. The SMILES string of the molecule is CCc1ccc(N2CCCC(CCNC)C2)nn1. The average molecular weight is 248 g/mol. The quantitative estimate of drug-likeness (QED) is 0.863. The molecular weight excluding hydrogens is 224 g/mol. The summed E-state index contributed by atoms with van der Waals surface area (Å²) in [7, 11) is 2.02. The molecule has 1 fully saturated rings. The summed E-state index contributed by atoms with van der Waals surface area (Å²) < 4.78 is 0. The zero-order valence-corrected chi connectivity index (χ0v) is 11.5. The van der Waals surface area contributed by atoms with Crippen molar-refractivity contribution < 1.29 is 0 Å². The number of hydrogen-bond donors (Lipinski definition) is 1. The van der Waals surface area contributed by atoms with Crippen LogP contribution in [0.4, 0.5) is 5.82 Å². The number of nitrogens with zero attached hydrogens (tertiary/aromatic N) is 3. The molecule has 100 valence electrons. The first kappa shape index (κ1) is 13.3. The monoisotopic (exact) mass is 248 g/mol. The highest BCUT2D eigenvalue weighted by molar-refractivity contribution is 5.37. The Bertz CT molecular complexity index is 349. The third-order valence-corrected chi connectivity index (χ3v) is 3.71. The Morgan fingerprint density at radius 3 is 2.94 bits per heavy atom. The van der Waals surface area contributed by atoms with Crippen molar-refractivity contribution >= 4 is 5.82 Å². The van der Waals surface area contributed by atoms with Crippen LogP contribution < -0.4 is 10.2 Å². The maximum atomic E-state index is 4.35. The van der Waals surface area contributed by atoms with Gasteiger partial charge in [-0.05, 0) is 57.3 Å². The molecule has 2 heterocycles. The van der Waals surface area contributed by atoms with E-state index in [-0.39, 0.29) is 0 Å². The Balaban J connectivity index is 1.94. The largest absolute Gasteiger partial charge is 0.355 e. The van der Waals surface area contributed by atoms with E-state index >= 15 is 0 Å². The van der Waals surface area contributed by atoms with Gasteiger partial charge in [0, 0.05) is 13.1 Å². The molecule has 1 unspecified atom stereocenters. The van der Waals surface area contributed by atoms with Crippen molar-refractivity contribution in [3.05, 3.63) is 17.8 Å². The highest BCUT2D eigenvalue weighted by Gasteiger charge is 2.20. The average Bonchev–Trinajstić information content (AvgIpc) is 2.45. The van der Waals surface area contributed by atoms with Crippen LogP contribution in [-0.2, 0) is 6.42 Å². The van der Waals surface area contributed by atoms with Crippen molar-refractivity contribution in [1.29, 1.82) is 0 Å². The molecule has 1 aromatic rings. The topological polar surface area (TPSA) is 41.0 Å². The summed E-state index contributed by atoms with van der Waals surface area (Å²) in [6.07, 6.45) is 4.83. The molecule has 4 nitrogen and oxygen atoms in total. The number of aromatic nitrogens is 2. The summed E-state index contributed by atoms with van der Waals surface area (Å²) in [5, 5.41) is 11.8. The molecule has 0 saturated carbocycles. The first-order valence-corrected chi connectivity index (χ1v) is 7.05. The van der Waals surface area contributed by atoms with Crippen molar-refractivity contribution in [2.45, 2.75) is 32.6 Å². The predicted octanol–water partition coefficient (Wildman–Crippen LogP) is 1.86. The van der Waals surface area contributed by atoms with E-state index in [2.05, 4.69) is 39.5 Å². The molecule has 0 aromatic carbocycles. The Labute approximate surface area is 110 Å². The molecule has 4 heteroatoms. The molecule has 1 atom stereocenters. The minimum absolute atomic E-state index is 0.791. The van der Waals surface area contributed by atoms with Crippen LogP contribution in [-0.4, -0.2) is 36.9 Å². The number of rotatable bonds is 5. The number of nitrogens with one attached hydrogen (secondary N) is 1. The summed E-state index contributed by atoms with van der Waals surface area (Å²) in [6.45, 7) is 5.47. The number of hydrogen-bond acceptors (Lipinski definition) is 4. The van der Waals surface area contributed by atoms with Crippen LogP contribution in [0.5, 0.6) is 0 Å². The van der Waals surface area contributed by atoms with Crippen LogP contribution in [0.2, 0.25) is 0 Å². The molecule has 0 aliphatic carbocycles. The van der Waals surface area contributed by atoms with E-state index in [4.69, 9.17) is 0 Å². The summed E-state index contributed by atoms with van der Waals surface area (Å²) in [4.78, 5) is 2.39. The predicted molar refractivity (Wildman–Crippen MR) is 74.9 cm³/mol. The highest BCUT2D eigenvalue weighted by Crippen LogP contribution is 2.23. The summed E-state index contributed by atoms with van der Waals surface area (Å²) in [5.41, 5.74) is 1.07. The fourth-order valence-corrected chi connectivity index (χ4v) is 2.57. The van der Waals surface area contributed by atoms with E-state index in [1.54, 1.807) is 0 Å². The van der Waals surface area contributed by atoms with Gasteiger partial charge in [-0.3, -0.25) is 0 Å². The second kappa shape index (κ2) is 6.69. The van der Waals surface area contributed by atoms with Gasteiger partial charge in [0.2, 0.25) is 0 Å². The Morgan fingerprint density at radius 2 is 2.28 bits per heavy atom. The van der Waals surface area contributed by atoms with E-state index in [1.165, 1.54) is 19.3 Å². The van der Waals surface area contributed by atoms with Crippen molar-refractivity contribution in [1.82, 2.24) is 15.5 Å². The summed E-state index contributed by atoms with van der Waals surface area (Å²) >= 11 is 0. The number of aryl methyl sites for hydroxylation is 1. The molecule has 0 spiro atoms. The van der Waals surface area contributed by atoms with Gasteiger partial charge in [-0.2, -0.15) is 5.10 Å².